The summed E-state index contributed by atoms with van der Waals surface area (Å²) in [5.41, 5.74) is 1.97. The average Bonchev–Trinajstić information content (AvgIpc) is 2.56. The molecular weight excluding hydrogens is 290 g/mol. The van der Waals surface area contributed by atoms with Crippen LogP contribution in [0.25, 0.3) is 10.9 Å². The monoisotopic (exact) mass is 315 g/mol. The molecule has 0 atom stereocenters. The molecule has 0 bridgehead atoms. The molecule has 2 N–H and O–H groups in total. The Kier molecular flexibility index (Phi) is 6.66. The van der Waals surface area contributed by atoms with E-state index in [4.69, 9.17) is 4.74 Å². The standard InChI is InChI=1S/C18H25N3O2/c1-14(22)19-11-5-3-4-6-12-20-16-10-13-21-18-15(16)8-7-9-17(18)23-2/h7-10,13H,3-6,11-12H2,1-2H3,(H,19,22)(H,20,21). The molecule has 2 rings (SSSR count). The molecule has 0 saturated carbocycles. The number of hydrogen-bond acceptors (Lipinski definition) is 4. The molecular formula is C18H25N3O2. The largest absolute Gasteiger partial charge is 0.494 e. The molecule has 0 saturated heterocycles. The zero-order valence-corrected chi connectivity index (χ0v) is 13.9. The van der Waals surface area contributed by atoms with Crippen LogP contribution >= 0.6 is 0 Å². The minimum absolute atomic E-state index is 0.0478. The molecule has 0 aliphatic carbocycles. The van der Waals surface area contributed by atoms with Crippen molar-refractivity contribution >= 4 is 22.5 Å². The van der Waals surface area contributed by atoms with Crippen molar-refractivity contribution in [2.45, 2.75) is 32.6 Å². The Bertz CT molecular complexity index is 643. The van der Waals surface area contributed by atoms with Crippen molar-refractivity contribution < 1.29 is 9.53 Å². The number of nitrogens with one attached hydrogen (secondary N) is 2. The van der Waals surface area contributed by atoms with Gasteiger partial charge in [0.15, 0.2) is 0 Å². The maximum absolute atomic E-state index is 10.8. The molecule has 0 unspecified atom stereocenters. The SMILES string of the molecule is COc1cccc2c(NCCCCCCNC(C)=O)ccnc12. The van der Waals surface area contributed by atoms with Gasteiger partial charge in [0, 0.05) is 37.3 Å². The fraction of sp³-hybridized carbons (Fsp3) is 0.444. The summed E-state index contributed by atoms with van der Waals surface area (Å²) in [4.78, 5) is 15.2. The highest BCUT2D eigenvalue weighted by Crippen LogP contribution is 2.28. The van der Waals surface area contributed by atoms with Crippen molar-refractivity contribution in [2.24, 2.45) is 0 Å². The van der Waals surface area contributed by atoms with Crippen LogP contribution in [0.1, 0.15) is 32.6 Å². The van der Waals surface area contributed by atoms with E-state index in [1.807, 2.05) is 18.2 Å². The van der Waals surface area contributed by atoms with E-state index in [-0.39, 0.29) is 5.91 Å². The van der Waals surface area contributed by atoms with Crippen LogP contribution in [0.15, 0.2) is 30.5 Å². The van der Waals surface area contributed by atoms with E-state index in [0.717, 1.165) is 61.1 Å². The topological polar surface area (TPSA) is 63.2 Å². The zero-order chi connectivity index (χ0) is 16.5. The van der Waals surface area contributed by atoms with E-state index < -0.39 is 0 Å². The zero-order valence-electron chi connectivity index (χ0n) is 13.9. The molecule has 0 radical (unpaired) electrons. The maximum Gasteiger partial charge on any atom is 0.216 e. The van der Waals surface area contributed by atoms with E-state index in [2.05, 4.69) is 21.7 Å². The van der Waals surface area contributed by atoms with E-state index in [9.17, 15) is 4.79 Å². The number of methoxy groups -OCH3 is 1. The number of aromatic nitrogens is 1. The second-order valence-electron chi connectivity index (χ2n) is 5.54. The Balaban J connectivity index is 1.78. The number of rotatable bonds is 9. The van der Waals surface area contributed by atoms with Gasteiger partial charge in [0.1, 0.15) is 11.3 Å². The number of fused-ring (bicyclic) bond motifs is 1. The van der Waals surface area contributed by atoms with Gasteiger partial charge >= 0.3 is 0 Å². The van der Waals surface area contributed by atoms with Gasteiger partial charge in [-0.25, -0.2) is 0 Å². The first-order chi connectivity index (χ1) is 11.2. The molecule has 124 valence electrons. The molecule has 5 heteroatoms. The van der Waals surface area contributed by atoms with Crippen molar-refractivity contribution in [1.82, 2.24) is 10.3 Å². The van der Waals surface area contributed by atoms with E-state index in [1.165, 1.54) is 0 Å². The summed E-state index contributed by atoms with van der Waals surface area (Å²) in [6, 6.07) is 7.96. The number of nitrogens with zero attached hydrogens (tertiary/aromatic N) is 1. The van der Waals surface area contributed by atoms with Crippen molar-refractivity contribution in [3.8, 4) is 5.75 Å². The van der Waals surface area contributed by atoms with Gasteiger partial charge < -0.3 is 15.4 Å². The van der Waals surface area contributed by atoms with E-state index in [1.54, 1.807) is 20.2 Å². The number of carbonyl (C=O) groups is 1. The lowest BCUT2D eigenvalue weighted by atomic mass is 10.1. The molecule has 0 aliphatic heterocycles. The molecule has 1 heterocycles. The fourth-order valence-corrected chi connectivity index (χ4v) is 2.56. The summed E-state index contributed by atoms with van der Waals surface area (Å²) >= 11 is 0. The lowest BCUT2D eigenvalue weighted by molar-refractivity contribution is -0.118. The van der Waals surface area contributed by atoms with Crippen molar-refractivity contribution in [2.75, 3.05) is 25.5 Å². The number of para-hydroxylation sites is 1. The third kappa shape index (κ3) is 5.13. The van der Waals surface area contributed by atoms with E-state index in [0.29, 0.717) is 0 Å². The predicted molar refractivity (Wildman–Crippen MR) is 93.9 cm³/mol. The number of ether oxygens (including phenoxy) is 1. The summed E-state index contributed by atoms with van der Waals surface area (Å²) < 4.78 is 5.36. The maximum atomic E-state index is 10.8. The highest BCUT2D eigenvalue weighted by atomic mass is 16.5. The normalized spacial score (nSPS) is 10.5. The molecule has 0 aliphatic rings. The first-order valence-electron chi connectivity index (χ1n) is 8.12. The number of unbranched alkanes of at least 4 members (excludes halogenated alkanes) is 3. The van der Waals surface area contributed by atoms with Gasteiger partial charge in [0.05, 0.1) is 7.11 Å². The molecule has 0 fully saturated rings. The van der Waals surface area contributed by atoms with Crippen LogP contribution < -0.4 is 15.4 Å². The first-order valence-corrected chi connectivity index (χ1v) is 8.12. The number of anilines is 1. The molecule has 5 nitrogen and oxygen atoms in total. The molecule has 2 aromatic rings. The van der Waals surface area contributed by atoms with Crippen LogP contribution in [0.4, 0.5) is 5.69 Å². The lowest BCUT2D eigenvalue weighted by Gasteiger charge is -2.11. The smallest absolute Gasteiger partial charge is 0.216 e. The summed E-state index contributed by atoms with van der Waals surface area (Å²) in [6.45, 7) is 3.26. The van der Waals surface area contributed by atoms with Gasteiger partial charge in [-0.1, -0.05) is 25.0 Å². The number of carbonyl (C=O) groups excluding carboxylic acids is 1. The number of amides is 1. The molecule has 23 heavy (non-hydrogen) atoms. The number of benzene rings is 1. The summed E-state index contributed by atoms with van der Waals surface area (Å²) in [7, 11) is 1.66. The quantitative estimate of drug-likeness (QED) is 0.697. The number of hydrogen-bond donors (Lipinski definition) is 2. The third-order valence-electron chi connectivity index (χ3n) is 3.75. The molecule has 0 spiro atoms. The van der Waals surface area contributed by atoms with Gasteiger partial charge in [-0.05, 0) is 25.0 Å². The van der Waals surface area contributed by atoms with Crippen molar-refractivity contribution in [3.63, 3.8) is 0 Å². The van der Waals surface area contributed by atoms with Gasteiger partial charge in [-0.2, -0.15) is 0 Å². The van der Waals surface area contributed by atoms with Crippen LogP contribution in [-0.2, 0) is 4.79 Å². The lowest BCUT2D eigenvalue weighted by Crippen LogP contribution is -2.20. The highest BCUT2D eigenvalue weighted by molar-refractivity contribution is 5.94. The Morgan fingerprint density at radius 1 is 1.13 bits per heavy atom. The van der Waals surface area contributed by atoms with Crippen LogP contribution in [-0.4, -0.2) is 31.1 Å². The molecule has 1 aromatic heterocycles. The Labute approximate surface area is 137 Å². The molecule has 1 amide bonds. The van der Waals surface area contributed by atoms with E-state index >= 15 is 0 Å². The van der Waals surface area contributed by atoms with Crippen LogP contribution in [0.5, 0.6) is 5.75 Å². The number of pyridine rings is 1. The van der Waals surface area contributed by atoms with Crippen molar-refractivity contribution in [3.05, 3.63) is 30.5 Å². The van der Waals surface area contributed by atoms with Crippen molar-refractivity contribution in [1.29, 1.82) is 0 Å². The Hall–Kier alpha value is -2.30. The Morgan fingerprint density at radius 3 is 2.65 bits per heavy atom. The first kappa shape index (κ1) is 17.1. The van der Waals surface area contributed by atoms with Gasteiger partial charge in [-0.3, -0.25) is 9.78 Å². The minimum atomic E-state index is 0.0478. The molecule has 1 aromatic carbocycles. The van der Waals surface area contributed by atoms with Gasteiger partial charge in [-0.15, -0.1) is 0 Å². The second-order valence-corrected chi connectivity index (χ2v) is 5.54. The summed E-state index contributed by atoms with van der Waals surface area (Å²) in [5, 5.41) is 7.38. The fourth-order valence-electron chi connectivity index (χ4n) is 2.56. The average molecular weight is 315 g/mol. The van der Waals surface area contributed by atoms with Gasteiger partial charge in [0.2, 0.25) is 5.91 Å². The van der Waals surface area contributed by atoms with Crippen LogP contribution in [0, 0.1) is 0 Å². The Morgan fingerprint density at radius 2 is 1.91 bits per heavy atom. The summed E-state index contributed by atoms with van der Waals surface area (Å²) in [6.07, 6.45) is 6.23. The summed E-state index contributed by atoms with van der Waals surface area (Å²) in [5.74, 6) is 0.843. The highest BCUT2D eigenvalue weighted by Gasteiger charge is 2.05. The minimum Gasteiger partial charge on any atom is -0.494 e. The third-order valence-corrected chi connectivity index (χ3v) is 3.75. The van der Waals surface area contributed by atoms with Crippen LogP contribution in [0.3, 0.4) is 0 Å². The van der Waals surface area contributed by atoms with Crippen LogP contribution in [0.2, 0.25) is 0 Å². The second kappa shape index (κ2) is 8.98. The predicted octanol–water partition coefficient (Wildman–Crippen LogP) is 3.35. The van der Waals surface area contributed by atoms with Gasteiger partial charge in [0.25, 0.3) is 0 Å².